The Bertz CT molecular complexity index is 1190. The lowest BCUT2D eigenvalue weighted by atomic mass is 10.2. The minimum atomic E-state index is -0.616. The number of methoxy groups -OCH3 is 1. The van der Waals surface area contributed by atoms with Crippen LogP contribution in [0.15, 0.2) is 72.1 Å². The van der Waals surface area contributed by atoms with Crippen LogP contribution in [0.25, 0.3) is 5.69 Å². The van der Waals surface area contributed by atoms with Gasteiger partial charge in [-0.25, -0.2) is 14.5 Å². The molecule has 0 saturated heterocycles. The van der Waals surface area contributed by atoms with Crippen LogP contribution in [0.4, 0.5) is 10.8 Å². The van der Waals surface area contributed by atoms with Crippen LogP contribution in [0, 0.1) is 6.92 Å². The van der Waals surface area contributed by atoms with Crippen molar-refractivity contribution in [3.8, 4) is 5.69 Å². The molecule has 0 aliphatic carbocycles. The van der Waals surface area contributed by atoms with Gasteiger partial charge in [-0.1, -0.05) is 36.4 Å². The highest BCUT2D eigenvalue weighted by Gasteiger charge is 2.28. The zero-order chi connectivity index (χ0) is 21.1. The molecule has 4 aromatic rings. The summed E-state index contributed by atoms with van der Waals surface area (Å²) in [4.78, 5) is 31.9. The zero-order valence-corrected chi connectivity index (χ0v) is 17.2. The van der Waals surface area contributed by atoms with Crippen molar-refractivity contribution >= 4 is 34.0 Å². The first kappa shape index (κ1) is 19.5. The first-order valence-corrected chi connectivity index (χ1v) is 10.0. The molecule has 0 aliphatic rings. The van der Waals surface area contributed by atoms with Crippen molar-refractivity contribution in [3.05, 3.63) is 89.2 Å². The lowest BCUT2D eigenvalue weighted by Crippen LogP contribution is -2.28. The predicted octanol–water partition coefficient (Wildman–Crippen LogP) is 4.40. The molecule has 0 unspecified atom stereocenters. The molecule has 150 valence electrons. The van der Waals surface area contributed by atoms with Crippen molar-refractivity contribution in [3.63, 3.8) is 0 Å². The van der Waals surface area contributed by atoms with E-state index < -0.39 is 5.97 Å². The fraction of sp³-hybridized carbons (Fsp3) is 0.0909. The van der Waals surface area contributed by atoms with Crippen LogP contribution >= 0.6 is 11.3 Å². The summed E-state index contributed by atoms with van der Waals surface area (Å²) < 4.78 is 6.25. The monoisotopic (exact) mass is 418 g/mol. The van der Waals surface area contributed by atoms with E-state index in [-0.39, 0.29) is 17.3 Å². The van der Waals surface area contributed by atoms with Crippen LogP contribution in [0.1, 0.15) is 26.7 Å². The number of carbonyl (C=O) groups is 2. The number of amides is 1. The van der Waals surface area contributed by atoms with E-state index in [1.165, 1.54) is 34.1 Å². The maximum Gasteiger partial charge on any atom is 0.358 e. The molecule has 8 heteroatoms. The maximum absolute atomic E-state index is 13.8. The Balaban J connectivity index is 1.87. The molecule has 7 nitrogen and oxygen atoms in total. The number of esters is 1. The number of benzene rings is 2. The fourth-order valence-electron chi connectivity index (χ4n) is 2.95. The molecule has 0 spiro atoms. The van der Waals surface area contributed by atoms with E-state index in [9.17, 15) is 9.59 Å². The third-order valence-corrected chi connectivity index (χ3v) is 5.28. The Kier molecular flexibility index (Phi) is 5.40. The van der Waals surface area contributed by atoms with Crippen LogP contribution in [0.3, 0.4) is 0 Å². The molecule has 0 saturated carbocycles. The van der Waals surface area contributed by atoms with Gasteiger partial charge in [-0.15, -0.1) is 11.3 Å². The number of nitrogens with zero attached hydrogens (tertiary/aromatic N) is 4. The molecular formula is C22H18N4O3S. The van der Waals surface area contributed by atoms with Gasteiger partial charge in [-0.3, -0.25) is 9.69 Å². The van der Waals surface area contributed by atoms with Gasteiger partial charge in [0.25, 0.3) is 5.91 Å². The number of aryl methyl sites for hydroxylation is 1. The van der Waals surface area contributed by atoms with Gasteiger partial charge in [0.05, 0.1) is 24.2 Å². The summed E-state index contributed by atoms with van der Waals surface area (Å²) in [6, 6.07) is 19.8. The largest absolute Gasteiger partial charge is 0.464 e. The number of carbonyl (C=O) groups excluding carboxylic acids is 2. The number of ether oxygens (including phenoxy) is 1. The molecule has 0 bridgehead atoms. The van der Waals surface area contributed by atoms with Crippen molar-refractivity contribution < 1.29 is 14.3 Å². The minimum Gasteiger partial charge on any atom is -0.464 e. The molecule has 2 aromatic carbocycles. The van der Waals surface area contributed by atoms with Gasteiger partial charge in [0.1, 0.15) is 5.69 Å². The van der Waals surface area contributed by atoms with Crippen LogP contribution in [-0.2, 0) is 4.74 Å². The number of hydrogen-bond acceptors (Lipinski definition) is 6. The van der Waals surface area contributed by atoms with Gasteiger partial charge >= 0.3 is 5.97 Å². The number of para-hydroxylation sites is 2. The Morgan fingerprint density at radius 3 is 2.30 bits per heavy atom. The smallest absolute Gasteiger partial charge is 0.358 e. The third kappa shape index (κ3) is 3.72. The van der Waals surface area contributed by atoms with Gasteiger partial charge < -0.3 is 4.74 Å². The van der Waals surface area contributed by atoms with E-state index in [1.54, 1.807) is 0 Å². The average molecular weight is 418 g/mol. The quantitative estimate of drug-likeness (QED) is 0.449. The summed E-state index contributed by atoms with van der Waals surface area (Å²) in [5.41, 5.74) is 2.40. The van der Waals surface area contributed by atoms with E-state index in [2.05, 4.69) is 10.1 Å². The van der Waals surface area contributed by atoms with Crippen molar-refractivity contribution in [2.45, 2.75) is 6.92 Å². The van der Waals surface area contributed by atoms with Crippen molar-refractivity contribution in [1.29, 1.82) is 0 Å². The number of rotatable bonds is 5. The number of thiazole rings is 1. The van der Waals surface area contributed by atoms with Crippen LogP contribution in [-0.4, -0.2) is 33.8 Å². The SMILES string of the molecule is COC(=O)c1cc(C(=O)N(c2ccccc2)c2nc(C)cs2)n(-c2ccccc2)n1. The zero-order valence-electron chi connectivity index (χ0n) is 16.4. The van der Waals surface area contributed by atoms with Crippen molar-refractivity contribution in [2.24, 2.45) is 0 Å². The minimum absolute atomic E-state index is 0.0491. The molecule has 0 fully saturated rings. The number of anilines is 2. The summed E-state index contributed by atoms with van der Waals surface area (Å²) in [6.07, 6.45) is 0. The van der Waals surface area contributed by atoms with E-state index in [4.69, 9.17) is 4.74 Å². The molecule has 0 N–H and O–H groups in total. The molecule has 4 rings (SSSR count). The van der Waals surface area contributed by atoms with Crippen LogP contribution in [0.2, 0.25) is 0 Å². The summed E-state index contributed by atoms with van der Waals surface area (Å²) in [6.45, 7) is 1.87. The van der Waals surface area contributed by atoms with Gasteiger partial charge in [-0.05, 0) is 31.2 Å². The predicted molar refractivity (Wildman–Crippen MR) is 115 cm³/mol. The van der Waals surface area contributed by atoms with Crippen LogP contribution < -0.4 is 4.90 Å². The molecule has 0 aliphatic heterocycles. The van der Waals surface area contributed by atoms with Crippen LogP contribution in [0.5, 0.6) is 0 Å². The van der Waals surface area contributed by atoms with Crippen molar-refractivity contribution in [1.82, 2.24) is 14.8 Å². The Labute approximate surface area is 177 Å². The molecule has 30 heavy (non-hydrogen) atoms. The highest BCUT2D eigenvalue weighted by Crippen LogP contribution is 2.31. The molecule has 1 amide bonds. The van der Waals surface area contributed by atoms with Gasteiger partial charge in [0.15, 0.2) is 10.8 Å². The second kappa shape index (κ2) is 8.30. The molecule has 2 aromatic heterocycles. The maximum atomic E-state index is 13.8. The van der Waals surface area contributed by atoms with E-state index >= 15 is 0 Å². The third-order valence-electron chi connectivity index (χ3n) is 4.34. The number of aromatic nitrogens is 3. The fourth-order valence-corrected chi connectivity index (χ4v) is 3.77. The molecule has 2 heterocycles. The molecule has 0 radical (unpaired) electrons. The van der Waals surface area contributed by atoms with Gasteiger partial charge in [0.2, 0.25) is 0 Å². The summed E-state index contributed by atoms with van der Waals surface area (Å²) in [5.74, 6) is -0.975. The highest BCUT2D eigenvalue weighted by atomic mass is 32.1. The number of hydrogen-bond donors (Lipinski definition) is 0. The standard InChI is InChI=1S/C22H18N4O3S/c1-15-14-30-22(23-15)25(16-9-5-3-6-10-16)20(27)19-13-18(21(28)29-2)24-26(19)17-11-7-4-8-12-17/h3-14H,1-2H3. The average Bonchev–Trinajstić information content (AvgIpc) is 3.41. The van der Waals surface area contributed by atoms with E-state index in [0.717, 1.165) is 5.69 Å². The Morgan fingerprint density at radius 2 is 1.70 bits per heavy atom. The van der Waals surface area contributed by atoms with Gasteiger partial charge in [0, 0.05) is 11.4 Å². The summed E-state index contributed by atoms with van der Waals surface area (Å²) in [5, 5.41) is 6.74. The second-order valence-corrected chi connectivity index (χ2v) is 7.24. The van der Waals surface area contributed by atoms with Gasteiger partial charge in [-0.2, -0.15) is 5.10 Å². The second-order valence-electron chi connectivity index (χ2n) is 6.40. The highest BCUT2D eigenvalue weighted by molar-refractivity contribution is 7.14. The lowest BCUT2D eigenvalue weighted by Gasteiger charge is -2.20. The summed E-state index contributed by atoms with van der Waals surface area (Å²) >= 11 is 1.37. The normalized spacial score (nSPS) is 10.6. The first-order chi connectivity index (χ1) is 14.6. The molecular weight excluding hydrogens is 400 g/mol. The van der Waals surface area contributed by atoms with E-state index in [1.807, 2.05) is 73.0 Å². The molecule has 0 atom stereocenters. The topological polar surface area (TPSA) is 77.3 Å². The van der Waals surface area contributed by atoms with Crippen molar-refractivity contribution in [2.75, 3.05) is 12.0 Å². The first-order valence-electron chi connectivity index (χ1n) is 9.14. The lowest BCUT2D eigenvalue weighted by molar-refractivity contribution is 0.0593. The Morgan fingerprint density at radius 1 is 1.03 bits per heavy atom. The van der Waals surface area contributed by atoms with E-state index in [0.29, 0.717) is 16.5 Å². The Hall–Kier alpha value is -3.78. The summed E-state index contributed by atoms with van der Waals surface area (Å²) in [7, 11) is 1.28.